The van der Waals surface area contributed by atoms with Gasteiger partial charge in [-0.1, -0.05) is 24.3 Å². The molecule has 1 aliphatic heterocycles. The first kappa shape index (κ1) is 28.0. The van der Waals surface area contributed by atoms with E-state index in [1.807, 2.05) is 58.0 Å². The molecule has 5 aromatic rings. The Morgan fingerprint density at radius 3 is 2.43 bits per heavy atom. The molecule has 0 amide bonds. The van der Waals surface area contributed by atoms with Crippen LogP contribution in [0, 0.1) is 10.6 Å². The maximum atomic E-state index is 15.4. The summed E-state index contributed by atoms with van der Waals surface area (Å²) in [7, 11) is 0. The number of para-hydroxylation sites is 1. The number of carboxylic acid groups (broad SMARTS) is 1. The number of nitrogens with zero attached hydrogens (tertiary/aromatic N) is 7. The molecular formula is C31H27F2N7O3S. The molecular weight excluding hydrogens is 588 g/mol. The number of rotatable bonds is 7. The van der Waals surface area contributed by atoms with Gasteiger partial charge in [-0.2, -0.15) is 0 Å². The van der Waals surface area contributed by atoms with Crippen LogP contribution in [-0.2, 0) is 6.67 Å². The van der Waals surface area contributed by atoms with Crippen molar-refractivity contribution in [3.63, 3.8) is 0 Å². The van der Waals surface area contributed by atoms with Crippen LogP contribution in [-0.4, -0.2) is 72.2 Å². The number of alkyl halides is 1. The highest BCUT2D eigenvalue weighted by molar-refractivity contribution is 7.71. The van der Waals surface area contributed by atoms with Gasteiger partial charge < -0.3 is 14.6 Å². The molecule has 2 atom stereocenters. The summed E-state index contributed by atoms with van der Waals surface area (Å²) >= 11 is 5.86. The van der Waals surface area contributed by atoms with Crippen molar-refractivity contribution in [3.05, 3.63) is 99.4 Å². The lowest BCUT2D eigenvalue weighted by Gasteiger charge is -2.36. The fourth-order valence-corrected chi connectivity index (χ4v) is 6.05. The Hall–Kier alpha value is -4.75. The van der Waals surface area contributed by atoms with Gasteiger partial charge in [0.05, 0.1) is 29.6 Å². The van der Waals surface area contributed by atoms with Crippen LogP contribution < -0.4 is 10.3 Å². The molecule has 1 aliphatic carbocycles. The molecule has 7 rings (SSSR count). The quantitative estimate of drug-likeness (QED) is 0.264. The number of aromatic nitrogens is 5. The number of hydrogen-bond donors (Lipinski definition) is 1. The number of benzene rings is 2. The van der Waals surface area contributed by atoms with E-state index in [0.29, 0.717) is 54.7 Å². The van der Waals surface area contributed by atoms with Crippen LogP contribution in [0.1, 0.15) is 22.8 Å². The van der Waals surface area contributed by atoms with Crippen molar-refractivity contribution in [2.75, 3.05) is 31.1 Å². The zero-order chi connectivity index (χ0) is 30.5. The molecule has 0 bridgehead atoms. The van der Waals surface area contributed by atoms with Crippen LogP contribution in [0.4, 0.5) is 14.5 Å². The van der Waals surface area contributed by atoms with Crippen LogP contribution in [0.5, 0.6) is 0 Å². The molecule has 224 valence electrons. The summed E-state index contributed by atoms with van der Waals surface area (Å²) in [6, 6.07) is 17.4. The van der Waals surface area contributed by atoms with Gasteiger partial charge in [-0.15, -0.1) is 5.10 Å². The van der Waals surface area contributed by atoms with Crippen molar-refractivity contribution in [3.8, 4) is 17.2 Å². The second-order valence-corrected chi connectivity index (χ2v) is 11.3. The van der Waals surface area contributed by atoms with Crippen molar-refractivity contribution in [1.29, 1.82) is 0 Å². The van der Waals surface area contributed by atoms with E-state index >= 15 is 4.39 Å². The van der Waals surface area contributed by atoms with Crippen LogP contribution in [0.2, 0.25) is 0 Å². The summed E-state index contributed by atoms with van der Waals surface area (Å²) in [5, 5.41) is 14.3. The molecule has 13 heteroatoms. The number of piperazine rings is 1. The van der Waals surface area contributed by atoms with Crippen molar-refractivity contribution in [2.45, 2.75) is 25.3 Å². The Labute approximate surface area is 255 Å². The van der Waals surface area contributed by atoms with Crippen LogP contribution in [0.25, 0.3) is 28.1 Å². The highest BCUT2D eigenvalue weighted by atomic mass is 32.1. The molecule has 0 unspecified atom stereocenters. The molecule has 44 heavy (non-hydrogen) atoms. The molecule has 2 aliphatic rings. The van der Waals surface area contributed by atoms with E-state index in [4.69, 9.17) is 17.3 Å². The Morgan fingerprint density at radius 2 is 1.77 bits per heavy atom. The van der Waals surface area contributed by atoms with E-state index in [-0.39, 0.29) is 17.5 Å². The zero-order valence-corrected chi connectivity index (χ0v) is 24.2. The van der Waals surface area contributed by atoms with Gasteiger partial charge in [-0.05, 0) is 48.6 Å². The highest BCUT2D eigenvalue weighted by Crippen LogP contribution is 2.41. The first-order valence-electron chi connectivity index (χ1n) is 14.2. The van der Waals surface area contributed by atoms with E-state index in [0.717, 1.165) is 11.8 Å². The number of pyridine rings is 2. The van der Waals surface area contributed by atoms with E-state index < -0.39 is 35.0 Å². The van der Waals surface area contributed by atoms with Crippen LogP contribution in [0.3, 0.4) is 0 Å². The van der Waals surface area contributed by atoms with Gasteiger partial charge in [-0.3, -0.25) is 19.2 Å². The number of carbonyl (C=O) groups is 1. The normalized spacial score (nSPS) is 18.5. The van der Waals surface area contributed by atoms with Gasteiger partial charge in [0.15, 0.2) is 5.82 Å². The fraction of sp³-hybridized carbons (Fsp3) is 0.258. The third-order valence-corrected chi connectivity index (χ3v) is 8.56. The van der Waals surface area contributed by atoms with E-state index in [2.05, 4.69) is 9.88 Å². The minimum absolute atomic E-state index is 0.0732. The highest BCUT2D eigenvalue weighted by Gasteiger charge is 2.40. The average molecular weight is 616 g/mol. The second kappa shape index (κ2) is 11.1. The Morgan fingerprint density at radius 1 is 1.05 bits per heavy atom. The van der Waals surface area contributed by atoms with E-state index in [1.165, 1.54) is 16.8 Å². The maximum absolute atomic E-state index is 15.4. The lowest BCUT2D eigenvalue weighted by Crippen LogP contribution is -2.47. The molecule has 10 nitrogen and oxygen atoms in total. The molecule has 1 N–H and O–H groups in total. The summed E-state index contributed by atoms with van der Waals surface area (Å²) in [4.78, 5) is 33.0. The fourth-order valence-electron chi connectivity index (χ4n) is 5.76. The van der Waals surface area contributed by atoms with Gasteiger partial charge >= 0.3 is 5.97 Å². The number of aromatic carboxylic acids is 1. The first-order valence-corrected chi connectivity index (χ1v) is 14.6. The third-order valence-electron chi connectivity index (χ3n) is 8.16. The van der Waals surface area contributed by atoms with Gasteiger partial charge in [0, 0.05) is 50.4 Å². The van der Waals surface area contributed by atoms with Crippen molar-refractivity contribution < 1.29 is 18.7 Å². The average Bonchev–Trinajstić information content (AvgIpc) is 3.68. The van der Waals surface area contributed by atoms with Crippen molar-refractivity contribution >= 4 is 34.8 Å². The van der Waals surface area contributed by atoms with Crippen molar-refractivity contribution in [1.82, 2.24) is 28.8 Å². The van der Waals surface area contributed by atoms with Gasteiger partial charge in [0.25, 0.3) is 0 Å². The van der Waals surface area contributed by atoms with Gasteiger partial charge in [0.1, 0.15) is 23.2 Å². The second-order valence-electron chi connectivity index (χ2n) is 11.0. The van der Waals surface area contributed by atoms with E-state index in [9.17, 15) is 19.1 Å². The summed E-state index contributed by atoms with van der Waals surface area (Å²) in [5.41, 5.74) is 0.886. The summed E-state index contributed by atoms with van der Waals surface area (Å²) in [6.07, 6.45) is 1.96. The molecule has 0 radical (unpaired) electrons. The SMILES string of the molecule is O=C(O)c1cn([C@@H]2C[C@@H]2F)c2cc(N3CCN(Cn4nc(-c5ccccn5)n(-c5ccccc5)c4=S)CC3)c(F)cc2c1=O. The minimum atomic E-state index is -1.43. The Bertz CT molecular complexity index is 2000. The zero-order valence-electron chi connectivity index (χ0n) is 23.4. The largest absolute Gasteiger partial charge is 0.477 e. The molecule has 3 aromatic heterocycles. The number of carboxylic acids is 1. The Balaban J connectivity index is 1.15. The van der Waals surface area contributed by atoms with Gasteiger partial charge in [0.2, 0.25) is 10.2 Å². The molecule has 0 spiro atoms. The minimum Gasteiger partial charge on any atom is -0.477 e. The molecule has 1 saturated heterocycles. The lowest BCUT2D eigenvalue weighted by atomic mass is 10.1. The number of fused-ring (bicyclic) bond motifs is 1. The van der Waals surface area contributed by atoms with Gasteiger partial charge in [-0.25, -0.2) is 18.3 Å². The topological polar surface area (TPSA) is 101 Å². The van der Waals surface area contributed by atoms with Crippen molar-refractivity contribution in [2.24, 2.45) is 0 Å². The summed E-state index contributed by atoms with van der Waals surface area (Å²) in [5.74, 6) is -1.43. The Kier molecular flexibility index (Phi) is 7.05. The molecule has 1 saturated carbocycles. The number of halogens is 2. The predicted octanol–water partition coefficient (Wildman–Crippen LogP) is 4.68. The van der Waals surface area contributed by atoms with E-state index in [1.54, 1.807) is 10.9 Å². The molecule has 2 fully saturated rings. The molecule has 4 heterocycles. The summed E-state index contributed by atoms with van der Waals surface area (Å²) in [6.45, 7) is 2.54. The smallest absolute Gasteiger partial charge is 0.341 e. The number of anilines is 1. The lowest BCUT2D eigenvalue weighted by molar-refractivity contribution is 0.0694. The summed E-state index contributed by atoms with van der Waals surface area (Å²) < 4.78 is 35.2. The predicted molar refractivity (Wildman–Crippen MR) is 163 cm³/mol. The van der Waals surface area contributed by atoms with Crippen LogP contribution >= 0.6 is 12.2 Å². The standard InChI is InChI=1S/C31H27F2N7O3S/c32-22-14-20-25(38(27-15-23(27)33)17-21(28(20)41)30(42)43)16-26(22)37-12-10-36(11-13-37)18-39-31(44)40(19-6-2-1-3-7-19)29(35-39)24-8-4-5-9-34-24/h1-9,14,16-17,23,27H,10-13,15,18H2,(H,42,43)/t23-,27+/m0/s1. The third kappa shape index (κ3) is 4.97. The monoisotopic (exact) mass is 615 g/mol. The number of hydrogen-bond acceptors (Lipinski definition) is 7. The molecule has 2 aromatic carbocycles. The first-order chi connectivity index (χ1) is 21.3. The maximum Gasteiger partial charge on any atom is 0.341 e. The van der Waals surface area contributed by atoms with Crippen LogP contribution in [0.15, 0.2) is 77.9 Å².